The Bertz CT molecular complexity index is 454. The van der Waals surface area contributed by atoms with Crippen LogP contribution in [0.3, 0.4) is 0 Å². The van der Waals surface area contributed by atoms with Crippen molar-refractivity contribution < 1.29 is 14.6 Å². The van der Waals surface area contributed by atoms with E-state index in [4.69, 9.17) is 9.84 Å². The van der Waals surface area contributed by atoms with Gasteiger partial charge in [0.1, 0.15) is 0 Å². The molecule has 1 aliphatic rings. The minimum atomic E-state index is -0.401. The molecule has 0 aromatic heterocycles. The van der Waals surface area contributed by atoms with Gasteiger partial charge >= 0.3 is 0 Å². The lowest BCUT2D eigenvalue weighted by Crippen LogP contribution is -2.44. The second-order valence-corrected chi connectivity index (χ2v) is 5.29. The zero-order valence-corrected chi connectivity index (χ0v) is 10.8. The molecule has 98 valence electrons. The minimum absolute atomic E-state index is 0.0608. The largest absolute Gasteiger partial charge is 0.396 e. The van der Waals surface area contributed by atoms with Crippen LogP contribution in [0.2, 0.25) is 0 Å². The van der Waals surface area contributed by atoms with E-state index < -0.39 is 5.54 Å². The van der Waals surface area contributed by atoms with E-state index in [1.165, 1.54) is 0 Å². The Morgan fingerprint density at radius 2 is 2.11 bits per heavy atom. The van der Waals surface area contributed by atoms with Gasteiger partial charge in [0.15, 0.2) is 0 Å². The molecule has 0 spiro atoms. The third-order valence-electron chi connectivity index (χ3n) is 3.17. The van der Waals surface area contributed by atoms with Crippen molar-refractivity contribution in [3.63, 3.8) is 0 Å². The van der Waals surface area contributed by atoms with Crippen LogP contribution in [-0.4, -0.2) is 23.2 Å². The molecule has 18 heavy (non-hydrogen) atoms. The summed E-state index contributed by atoms with van der Waals surface area (Å²) in [5, 5.41) is 11.9. The summed E-state index contributed by atoms with van der Waals surface area (Å²) in [6.45, 7) is 5.07. The molecule has 1 amide bonds. The van der Waals surface area contributed by atoms with Crippen LogP contribution < -0.4 is 5.32 Å². The van der Waals surface area contributed by atoms with E-state index in [1.807, 2.05) is 32.0 Å². The zero-order chi connectivity index (χ0) is 13.2. The highest BCUT2D eigenvalue weighted by atomic mass is 16.5. The molecular weight excluding hydrogens is 230 g/mol. The Kier molecular flexibility index (Phi) is 3.68. The molecule has 1 aliphatic heterocycles. The number of fused-ring (bicyclic) bond motifs is 1. The van der Waals surface area contributed by atoms with Crippen LogP contribution in [0.5, 0.6) is 0 Å². The van der Waals surface area contributed by atoms with Gasteiger partial charge < -0.3 is 15.2 Å². The Labute approximate surface area is 107 Å². The van der Waals surface area contributed by atoms with E-state index in [0.717, 1.165) is 11.1 Å². The number of hydrogen-bond acceptors (Lipinski definition) is 3. The summed E-state index contributed by atoms with van der Waals surface area (Å²) in [6.07, 6.45) is 0.535. The van der Waals surface area contributed by atoms with Crippen molar-refractivity contribution in [3.8, 4) is 0 Å². The molecule has 2 N–H and O–H groups in total. The molecule has 0 saturated carbocycles. The predicted octanol–water partition coefficient (Wildman–Crippen LogP) is 1.61. The molecule has 4 heteroatoms. The molecule has 0 radical (unpaired) electrons. The van der Waals surface area contributed by atoms with Crippen LogP contribution >= 0.6 is 0 Å². The topological polar surface area (TPSA) is 58.6 Å². The SMILES string of the molecule is CC(C)(CCO)NC(=O)c1ccc2c(c1)COC2. The molecule has 1 heterocycles. The van der Waals surface area contributed by atoms with Crippen molar-refractivity contribution in [1.82, 2.24) is 5.32 Å². The minimum Gasteiger partial charge on any atom is -0.396 e. The van der Waals surface area contributed by atoms with Crippen LogP contribution in [0.4, 0.5) is 0 Å². The third-order valence-corrected chi connectivity index (χ3v) is 3.17. The van der Waals surface area contributed by atoms with Gasteiger partial charge in [-0.3, -0.25) is 4.79 Å². The standard InChI is InChI=1S/C14H19NO3/c1-14(2,5-6-16)15-13(17)10-3-4-11-8-18-9-12(11)7-10/h3-4,7,16H,5-6,8-9H2,1-2H3,(H,15,17). The smallest absolute Gasteiger partial charge is 0.251 e. The van der Waals surface area contributed by atoms with Crippen molar-refractivity contribution in [2.45, 2.75) is 39.0 Å². The van der Waals surface area contributed by atoms with Gasteiger partial charge in [0.05, 0.1) is 13.2 Å². The number of amides is 1. The van der Waals surface area contributed by atoms with Gasteiger partial charge in [0.25, 0.3) is 5.91 Å². The number of hydrogen-bond donors (Lipinski definition) is 2. The van der Waals surface area contributed by atoms with E-state index in [2.05, 4.69) is 5.32 Å². The van der Waals surface area contributed by atoms with E-state index in [0.29, 0.717) is 25.2 Å². The van der Waals surface area contributed by atoms with Gasteiger partial charge in [-0.15, -0.1) is 0 Å². The lowest BCUT2D eigenvalue weighted by atomic mass is 9.99. The number of nitrogens with one attached hydrogen (secondary N) is 1. The summed E-state index contributed by atoms with van der Waals surface area (Å²) in [6, 6.07) is 5.64. The van der Waals surface area contributed by atoms with Crippen LogP contribution in [-0.2, 0) is 18.0 Å². The van der Waals surface area contributed by atoms with Gasteiger partial charge in [0, 0.05) is 17.7 Å². The average molecular weight is 249 g/mol. The van der Waals surface area contributed by atoms with Gasteiger partial charge in [-0.25, -0.2) is 0 Å². The first-order valence-corrected chi connectivity index (χ1v) is 6.15. The van der Waals surface area contributed by atoms with Crippen LogP contribution in [0.1, 0.15) is 41.8 Å². The number of rotatable bonds is 4. The summed E-state index contributed by atoms with van der Waals surface area (Å²) in [5.74, 6) is -0.108. The van der Waals surface area contributed by atoms with Gasteiger partial charge in [-0.1, -0.05) is 6.07 Å². The van der Waals surface area contributed by atoms with Crippen molar-refractivity contribution in [2.75, 3.05) is 6.61 Å². The molecular formula is C14H19NO3. The van der Waals surface area contributed by atoms with E-state index in [1.54, 1.807) is 0 Å². The maximum atomic E-state index is 12.1. The molecule has 0 bridgehead atoms. The molecule has 0 unspecified atom stereocenters. The number of carbonyl (C=O) groups is 1. The van der Waals surface area contributed by atoms with E-state index in [9.17, 15) is 4.79 Å². The molecule has 0 saturated heterocycles. The second kappa shape index (κ2) is 5.08. The van der Waals surface area contributed by atoms with Gasteiger partial charge in [0.2, 0.25) is 0 Å². The first kappa shape index (κ1) is 13.1. The first-order chi connectivity index (χ1) is 8.52. The Balaban J connectivity index is 2.10. The average Bonchev–Trinajstić information content (AvgIpc) is 2.74. The summed E-state index contributed by atoms with van der Waals surface area (Å²) in [7, 11) is 0. The molecule has 4 nitrogen and oxygen atoms in total. The van der Waals surface area contributed by atoms with E-state index >= 15 is 0 Å². The zero-order valence-electron chi connectivity index (χ0n) is 10.8. The quantitative estimate of drug-likeness (QED) is 0.852. The van der Waals surface area contributed by atoms with Crippen molar-refractivity contribution in [2.24, 2.45) is 0 Å². The summed E-state index contributed by atoms with van der Waals surface area (Å²) < 4.78 is 5.32. The molecule has 1 aromatic carbocycles. The Morgan fingerprint density at radius 1 is 1.39 bits per heavy atom. The predicted molar refractivity (Wildman–Crippen MR) is 68.2 cm³/mol. The fraction of sp³-hybridized carbons (Fsp3) is 0.500. The molecule has 2 rings (SSSR count). The van der Waals surface area contributed by atoms with Crippen molar-refractivity contribution in [1.29, 1.82) is 0 Å². The fourth-order valence-corrected chi connectivity index (χ4v) is 2.03. The number of carbonyl (C=O) groups excluding carboxylic acids is 1. The number of aliphatic hydroxyl groups excluding tert-OH is 1. The summed E-state index contributed by atoms with van der Waals surface area (Å²) in [5.41, 5.74) is 2.48. The van der Waals surface area contributed by atoms with Gasteiger partial charge in [-0.05, 0) is 43.5 Å². The number of aliphatic hydroxyl groups is 1. The summed E-state index contributed by atoms with van der Waals surface area (Å²) >= 11 is 0. The Morgan fingerprint density at radius 3 is 2.83 bits per heavy atom. The molecule has 0 aliphatic carbocycles. The molecule has 0 atom stereocenters. The number of ether oxygens (including phenoxy) is 1. The lowest BCUT2D eigenvalue weighted by molar-refractivity contribution is 0.0899. The normalized spacial score (nSPS) is 14.4. The van der Waals surface area contributed by atoms with Crippen molar-refractivity contribution >= 4 is 5.91 Å². The fourth-order valence-electron chi connectivity index (χ4n) is 2.03. The van der Waals surface area contributed by atoms with Gasteiger partial charge in [-0.2, -0.15) is 0 Å². The van der Waals surface area contributed by atoms with Crippen LogP contribution in [0.15, 0.2) is 18.2 Å². The number of benzene rings is 1. The van der Waals surface area contributed by atoms with Crippen LogP contribution in [0, 0.1) is 0 Å². The highest BCUT2D eigenvalue weighted by Gasteiger charge is 2.21. The highest BCUT2D eigenvalue weighted by molar-refractivity contribution is 5.95. The molecule has 1 aromatic rings. The highest BCUT2D eigenvalue weighted by Crippen LogP contribution is 2.21. The third kappa shape index (κ3) is 2.89. The monoisotopic (exact) mass is 249 g/mol. The maximum absolute atomic E-state index is 12.1. The second-order valence-electron chi connectivity index (χ2n) is 5.29. The van der Waals surface area contributed by atoms with Crippen molar-refractivity contribution in [3.05, 3.63) is 34.9 Å². The summed E-state index contributed by atoms with van der Waals surface area (Å²) in [4.78, 5) is 12.1. The Hall–Kier alpha value is -1.39. The molecule has 0 fully saturated rings. The lowest BCUT2D eigenvalue weighted by Gasteiger charge is -2.25. The van der Waals surface area contributed by atoms with E-state index in [-0.39, 0.29) is 12.5 Å². The maximum Gasteiger partial charge on any atom is 0.251 e. The first-order valence-electron chi connectivity index (χ1n) is 6.15. The van der Waals surface area contributed by atoms with Crippen LogP contribution in [0.25, 0.3) is 0 Å².